The van der Waals surface area contributed by atoms with E-state index in [9.17, 15) is 15.0 Å². The summed E-state index contributed by atoms with van der Waals surface area (Å²) >= 11 is 0. The van der Waals surface area contributed by atoms with E-state index in [2.05, 4.69) is 0 Å². The predicted molar refractivity (Wildman–Crippen MR) is 47.2 cm³/mol. The normalized spacial score (nSPS) is 39.5. The molecule has 3 nitrogen and oxygen atoms in total. The number of aliphatic hydroxyl groups is 2. The number of ketones is 1. The lowest BCUT2D eigenvalue weighted by atomic mass is 9.73. The van der Waals surface area contributed by atoms with Gasteiger partial charge in [0.25, 0.3) is 0 Å². The van der Waals surface area contributed by atoms with Crippen molar-refractivity contribution in [3.63, 3.8) is 0 Å². The number of aliphatic hydroxyl groups excluding tert-OH is 2. The van der Waals surface area contributed by atoms with Crippen LogP contribution in [0, 0.1) is 5.41 Å². The van der Waals surface area contributed by atoms with Crippen LogP contribution in [-0.4, -0.2) is 22.1 Å². The van der Waals surface area contributed by atoms with Crippen molar-refractivity contribution < 1.29 is 15.0 Å². The third-order valence-electron chi connectivity index (χ3n) is 3.51. The van der Waals surface area contributed by atoms with Gasteiger partial charge in [0.15, 0.2) is 11.5 Å². The molecule has 0 heterocycles. The molecular weight excluding hydrogens is 168 g/mol. The van der Waals surface area contributed by atoms with Gasteiger partial charge >= 0.3 is 0 Å². The number of carbonyl (C=O) groups is 1. The molecule has 2 N–H and O–H groups in total. The summed E-state index contributed by atoms with van der Waals surface area (Å²) in [6.07, 6.45) is 1.98. The highest BCUT2D eigenvalue weighted by Gasteiger charge is 2.47. The Hall–Kier alpha value is -0.830. The summed E-state index contributed by atoms with van der Waals surface area (Å²) < 4.78 is 0. The molecule has 0 spiro atoms. The van der Waals surface area contributed by atoms with E-state index in [4.69, 9.17) is 0 Å². The molecule has 1 saturated carbocycles. The minimum Gasteiger partial charge on any atom is -0.504 e. The van der Waals surface area contributed by atoms with E-state index in [0.717, 1.165) is 5.57 Å². The zero-order valence-electron chi connectivity index (χ0n) is 7.71. The molecule has 72 valence electrons. The van der Waals surface area contributed by atoms with Crippen molar-refractivity contribution in [1.29, 1.82) is 0 Å². The maximum absolute atomic E-state index is 11.2. The van der Waals surface area contributed by atoms with E-state index in [1.54, 1.807) is 0 Å². The SMILES string of the molecule is C[C@@]12CCC(=O)C(O)=C1CC[C@H]2O. The maximum Gasteiger partial charge on any atom is 0.197 e. The lowest BCUT2D eigenvalue weighted by Gasteiger charge is -2.33. The fraction of sp³-hybridized carbons (Fsp3) is 0.700. The highest BCUT2D eigenvalue weighted by Crippen LogP contribution is 2.49. The first-order chi connectivity index (χ1) is 6.05. The van der Waals surface area contributed by atoms with Crippen molar-refractivity contribution in [2.45, 2.75) is 38.7 Å². The van der Waals surface area contributed by atoms with Crippen LogP contribution in [-0.2, 0) is 4.79 Å². The topological polar surface area (TPSA) is 57.5 Å². The minimum atomic E-state index is -0.391. The van der Waals surface area contributed by atoms with E-state index in [0.29, 0.717) is 25.7 Å². The molecule has 2 rings (SSSR count). The summed E-state index contributed by atoms with van der Waals surface area (Å²) in [5, 5.41) is 19.3. The second-order valence-corrected chi connectivity index (χ2v) is 4.22. The van der Waals surface area contributed by atoms with Gasteiger partial charge in [0.2, 0.25) is 0 Å². The van der Waals surface area contributed by atoms with Crippen LogP contribution in [0.5, 0.6) is 0 Å². The lowest BCUT2D eigenvalue weighted by Crippen LogP contribution is -2.33. The van der Waals surface area contributed by atoms with E-state index >= 15 is 0 Å². The summed E-state index contributed by atoms with van der Waals surface area (Å²) in [4.78, 5) is 11.2. The largest absolute Gasteiger partial charge is 0.504 e. The minimum absolute atomic E-state index is 0.0784. The molecule has 1 fully saturated rings. The number of allylic oxidation sites excluding steroid dienone is 1. The van der Waals surface area contributed by atoms with E-state index in [1.807, 2.05) is 6.92 Å². The number of rotatable bonds is 0. The molecule has 0 unspecified atom stereocenters. The van der Waals surface area contributed by atoms with Crippen LogP contribution in [0.4, 0.5) is 0 Å². The number of Topliss-reactive ketones (excluding diaryl/α,β-unsaturated/α-hetero) is 1. The van der Waals surface area contributed by atoms with Crippen molar-refractivity contribution >= 4 is 5.78 Å². The van der Waals surface area contributed by atoms with Crippen molar-refractivity contribution in [2.75, 3.05) is 0 Å². The van der Waals surface area contributed by atoms with Gasteiger partial charge in [-0.05, 0) is 24.8 Å². The Labute approximate surface area is 77.1 Å². The molecule has 2 aliphatic carbocycles. The van der Waals surface area contributed by atoms with Crippen molar-refractivity contribution in [3.8, 4) is 0 Å². The third kappa shape index (κ3) is 1.03. The highest BCUT2D eigenvalue weighted by molar-refractivity contribution is 5.95. The van der Waals surface area contributed by atoms with Gasteiger partial charge in [-0.15, -0.1) is 0 Å². The smallest absolute Gasteiger partial charge is 0.197 e. The van der Waals surface area contributed by atoms with E-state index in [-0.39, 0.29) is 17.0 Å². The predicted octanol–water partition coefficient (Wildman–Crippen LogP) is 1.32. The van der Waals surface area contributed by atoms with Gasteiger partial charge in [-0.25, -0.2) is 0 Å². The Kier molecular flexibility index (Phi) is 1.74. The van der Waals surface area contributed by atoms with E-state index < -0.39 is 6.10 Å². The Balaban J connectivity index is 2.48. The zero-order valence-corrected chi connectivity index (χ0v) is 7.71. The van der Waals surface area contributed by atoms with Gasteiger partial charge in [0.05, 0.1) is 6.10 Å². The Morgan fingerprint density at radius 2 is 2.15 bits per heavy atom. The second kappa shape index (κ2) is 2.58. The fourth-order valence-corrected chi connectivity index (χ4v) is 2.45. The van der Waals surface area contributed by atoms with Gasteiger partial charge in [-0.3, -0.25) is 4.79 Å². The van der Waals surface area contributed by atoms with Crippen molar-refractivity contribution in [1.82, 2.24) is 0 Å². The van der Waals surface area contributed by atoms with Gasteiger partial charge in [-0.1, -0.05) is 6.92 Å². The Morgan fingerprint density at radius 1 is 1.46 bits per heavy atom. The van der Waals surface area contributed by atoms with Crippen molar-refractivity contribution in [3.05, 3.63) is 11.3 Å². The summed E-state index contributed by atoms with van der Waals surface area (Å²) in [5.41, 5.74) is 0.439. The molecule has 2 aliphatic rings. The molecule has 0 amide bonds. The van der Waals surface area contributed by atoms with Crippen LogP contribution >= 0.6 is 0 Å². The average molecular weight is 182 g/mol. The van der Waals surface area contributed by atoms with Crippen molar-refractivity contribution in [2.24, 2.45) is 5.41 Å². The van der Waals surface area contributed by atoms with Crippen LogP contribution in [0.1, 0.15) is 32.6 Å². The first kappa shape index (κ1) is 8.75. The van der Waals surface area contributed by atoms with Crippen LogP contribution in [0.2, 0.25) is 0 Å². The maximum atomic E-state index is 11.2. The monoisotopic (exact) mass is 182 g/mol. The van der Waals surface area contributed by atoms with Gasteiger partial charge in [-0.2, -0.15) is 0 Å². The summed E-state index contributed by atoms with van der Waals surface area (Å²) in [6, 6.07) is 0. The van der Waals surface area contributed by atoms with Crippen LogP contribution in [0.25, 0.3) is 0 Å². The third-order valence-corrected chi connectivity index (χ3v) is 3.51. The fourth-order valence-electron chi connectivity index (χ4n) is 2.45. The molecule has 0 aliphatic heterocycles. The van der Waals surface area contributed by atoms with Crippen LogP contribution in [0.15, 0.2) is 11.3 Å². The highest BCUT2D eigenvalue weighted by atomic mass is 16.3. The standard InChI is InChI=1S/C10H14O3/c1-10-5-4-7(11)9(13)6(10)2-3-8(10)12/h8,12-13H,2-5H2,1H3/t8-,10-/m1/s1. The molecule has 0 aromatic heterocycles. The molecule has 0 radical (unpaired) electrons. The van der Waals surface area contributed by atoms with Gasteiger partial charge < -0.3 is 10.2 Å². The average Bonchev–Trinajstić information content (AvgIpc) is 2.39. The van der Waals surface area contributed by atoms with Gasteiger partial charge in [0.1, 0.15) is 0 Å². The number of carbonyl (C=O) groups excluding carboxylic acids is 1. The first-order valence-corrected chi connectivity index (χ1v) is 4.69. The first-order valence-electron chi connectivity index (χ1n) is 4.69. The molecule has 2 atom stereocenters. The molecule has 13 heavy (non-hydrogen) atoms. The van der Waals surface area contributed by atoms with Gasteiger partial charge in [0, 0.05) is 11.8 Å². The molecule has 0 saturated heterocycles. The number of hydrogen-bond donors (Lipinski definition) is 2. The quantitative estimate of drug-likeness (QED) is 0.594. The molecule has 0 aromatic carbocycles. The molecular formula is C10H14O3. The summed E-state index contributed by atoms with van der Waals surface area (Å²) in [5.74, 6) is -0.244. The molecule has 0 aromatic rings. The molecule has 3 heteroatoms. The second-order valence-electron chi connectivity index (χ2n) is 4.22. The summed E-state index contributed by atoms with van der Waals surface area (Å²) in [6.45, 7) is 1.93. The summed E-state index contributed by atoms with van der Waals surface area (Å²) in [7, 11) is 0. The Morgan fingerprint density at radius 3 is 2.85 bits per heavy atom. The van der Waals surface area contributed by atoms with Crippen LogP contribution in [0.3, 0.4) is 0 Å². The van der Waals surface area contributed by atoms with Crippen LogP contribution < -0.4 is 0 Å². The Bertz CT molecular complexity index is 293. The zero-order chi connectivity index (χ0) is 9.64. The number of hydrogen-bond acceptors (Lipinski definition) is 3. The lowest BCUT2D eigenvalue weighted by molar-refractivity contribution is -0.119. The number of fused-ring (bicyclic) bond motifs is 1. The molecule has 0 bridgehead atoms. The van der Waals surface area contributed by atoms with E-state index in [1.165, 1.54) is 0 Å².